The zero-order valence-electron chi connectivity index (χ0n) is 11.8. The van der Waals surface area contributed by atoms with Gasteiger partial charge in [-0.2, -0.15) is 0 Å². The lowest BCUT2D eigenvalue weighted by Gasteiger charge is -1.95. The number of hydrogen-bond acceptors (Lipinski definition) is 2. The van der Waals surface area contributed by atoms with E-state index in [9.17, 15) is 4.79 Å². The maximum Gasteiger partial charge on any atom is 0.221 e. The van der Waals surface area contributed by atoms with Gasteiger partial charge in [0.05, 0.1) is 0 Å². The number of hydrogen-bond donors (Lipinski definition) is 0. The van der Waals surface area contributed by atoms with Crippen LogP contribution in [0.4, 0.5) is 0 Å². The summed E-state index contributed by atoms with van der Waals surface area (Å²) in [6.07, 6.45) is 3.23. The van der Waals surface area contributed by atoms with Crippen molar-refractivity contribution in [1.82, 2.24) is 0 Å². The van der Waals surface area contributed by atoms with E-state index in [1.807, 2.05) is 19.1 Å². The van der Waals surface area contributed by atoms with Gasteiger partial charge in [0, 0.05) is 20.8 Å². The summed E-state index contributed by atoms with van der Waals surface area (Å²) in [6, 6.07) is 12.6. The fourth-order valence-corrected chi connectivity index (χ4v) is 2.57. The van der Waals surface area contributed by atoms with Crippen LogP contribution in [-0.2, 0) is 0 Å². The Morgan fingerprint density at radius 3 is 2.41 bits per heavy atom. The molecular formula is C18H12Cl2O2. The molecule has 0 atom stereocenters. The third-order valence-corrected chi connectivity index (χ3v) is 3.87. The molecule has 0 saturated carbocycles. The summed E-state index contributed by atoms with van der Waals surface area (Å²) in [5, 5.41) is 2.91. The lowest BCUT2D eigenvalue weighted by Crippen LogP contribution is -1.92. The average Bonchev–Trinajstić information content (AvgIpc) is 2.83. The molecular weight excluding hydrogens is 319 g/mol. The molecule has 1 aromatic heterocycles. The van der Waals surface area contributed by atoms with Crippen LogP contribution in [0.15, 0.2) is 53.0 Å². The summed E-state index contributed by atoms with van der Waals surface area (Å²) >= 11 is 11.8. The van der Waals surface area contributed by atoms with Crippen molar-refractivity contribution in [1.29, 1.82) is 0 Å². The molecule has 0 aliphatic heterocycles. The zero-order chi connectivity index (χ0) is 15.7. The van der Waals surface area contributed by atoms with E-state index < -0.39 is 0 Å². The van der Waals surface area contributed by atoms with E-state index >= 15 is 0 Å². The van der Waals surface area contributed by atoms with E-state index in [1.165, 1.54) is 6.08 Å². The molecule has 0 spiro atoms. The predicted octanol–water partition coefficient (Wildman–Crippen LogP) is 5.94. The smallest absolute Gasteiger partial charge is 0.221 e. The molecule has 0 fully saturated rings. The highest BCUT2D eigenvalue weighted by molar-refractivity contribution is 6.31. The van der Waals surface area contributed by atoms with Crippen molar-refractivity contribution < 1.29 is 9.21 Å². The van der Waals surface area contributed by atoms with Gasteiger partial charge >= 0.3 is 0 Å². The summed E-state index contributed by atoms with van der Waals surface area (Å²) in [6.45, 7) is 1.82. The van der Waals surface area contributed by atoms with E-state index in [4.69, 9.17) is 27.6 Å². The van der Waals surface area contributed by atoms with Gasteiger partial charge in [-0.15, -0.1) is 0 Å². The third kappa shape index (κ3) is 2.94. The van der Waals surface area contributed by atoms with Crippen LogP contribution in [0.25, 0.3) is 16.8 Å². The number of benzene rings is 2. The van der Waals surface area contributed by atoms with Crippen LogP contribution in [0.3, 0.4) is 0 Å². The minimum absolute atomic E-state index is 0.185. The van der Waals surface area contributed by atoms with Crippen molar-refractivity contribution >= 4 is 45.8 Å². The molecule has 0 radical (unpaired) electrons. The molecule has 0 amide bonds. The number of aryl methyl sites for hydroxylation is 1. The molecule has 4 heteroatoms. The molecule has 22 heavy (non-hydrogen) atoms. The highest BCUT2D eigenvalue weighted by Gasteiger charge is 2.15. The second-order valence-electron chi connectivity index (χ2n) is 4.93. The molecule has 1 heterocycles. The number of rotatable bonds is 3. The van der Waals surface area contributed by atoms with Crippen LogP contribution < -0.4 is 0 Å². The summed E-state index contributed by atoms with van der Waals surface area (Å²) in [5.74, 6) is 0.825. The Morgan fingerprint density at radius 1 is 1.00 bits per heavy atom. The van der Waals surface area contributed by atoms with Crippen LogP contribution in [0, 0.1) is 6.92 Å². The first kappa shape index (κ1) is 14.9. The average molecular weight is 331 g/mol. The molecule has 0 aliphatic rings. The number of fused-ring (bicyclic) bond motifs is 1. The van der Waals surface area contributed by atoms with Crippen molar-refractivity contribution in [2.75, 3.05) is 0 Å². The van der Waals surface area contributed by atoms with Gasteiger partial charge in [0.15, 0.2) is 5.76 Å². The van der Waals surface area contributed by atoms with Crippen molar-refractivity contribution in [2.24, 2.45) is 0 Å². The highest BCUT2D eigenvalue weighted by Crippen LogP contribution is 2.29. The minimum Gasteiger partial charge on any atom is -0.457 e. The summed E-state index contributed by atoms with van der Waals surface area (Å²) < 4.78 is 5.61. The van der Waals surface area contributed by atoms with Crippen LogP contribution in [-0.4, -0.2) is 5.78 Å². The first-order valence-electron chi connectivity index (χ1n) is 6.71. The normalized spacial score (nSPS) is 11.4. The molecule has 3 aromatic rings. The number of carbonyl (C=O) groups excluding carboxylic acids is 1. The standard InChI is InChI=1S/C18H12Cl2O2/c1-11-16-10-14(20)7-8-15(16)18(22-11)17(21)9-4-12-2-5-13(19)6-3-12/h2-10H,1H3. The molecule has 2 nitrogen and oxygen atoms in total. The van der Waals surface area contributed by atoms with Gasteiger partial charge < -0.3 is 4.42 Å². The predicted molar refractivity (Wildman–Crippen MR) is 90.8 cm³/mol. The molecule has 0 unspecified atom stereocenters. The van der Waals surface area contributed by atoms with E-state index in [2.05, 4.69) is 0 Å². The van der Waals surface area contributed by atoms with Crippen LogP contribution in [0.2, 0.25) is 10.0 Å². The molecule has 110 valence electrons. The van der Waals surface area contributed by atoms with Gasteiger partial charge in [-0.1, -0.05) is 41.4 Å². The number of ketones is 1. The SMILES string of the molecule is Cc1oc(C(=O)C=Cc2ccc(Cl)cc2)c2ccc(Cl)cc12. The Balaban J connectivity index is 1.94. The van der Waals surface area contributed by atoms with Crippen LogP contribution in [0.1, 0.15) is 21.9 Å². The van der Waals surface area contributed by atoms with Crippen molar-refractivity contribution in [3.8, 4) is 0 Å². The monoisotopic (exact) mass is 330 g/mol. The molecule has 0 saturated heterocycles. The number of halogens is 2. The first-order chi connectivity index (χ1) is 10.5. The maximum absolute atomic E-state index is 12.4. The maximum atomic E-state index is 12.4. The Bertz CT molecular complexity index is 874. The zero-order valence-corrected chi connectivity index (χ0v) is 13.3. The second-order valence-corrected chi connectivity index (χ2v) is 5.80. The quantitative estimate of drug-likeness (QED) is 0.439. The summed E-state index contributed by atoms with van der Waals surface area (Å²) in [5.41, 5.74) is 0.897. The molecule has 2 aromatic carbocycles. The fourth-order valence-electron chi connectivity index (χ4n) is 2.27. The van der Waals surface area contributed by atoms with E-state index in [0.717, 1.165) is 16.3 Å². The van der Waals surface area contributed by atoms with Gasteiger partial charge in [-0.25, -0.2) is 0 Å². The molecule has 3 rings (SSSR count). The van der Waals surface area contributed by atoms with Gasteiger partial charge in [-0.05, 0) is 48.9 Å². The molecule has 0 N–H and O–H groups in total. The van der Waals surface area contributed by atoms with Crippen molar-refractivity contribution in [3.05, 3.63) is 75.7 Å². The topological polar surface area (TPSA) is 30.2 Å². The van der Waals surface area contributed by atoms with Gasteiger partial charge in [0.1, 0.15) is 5.76 Å². The van der Waals surface area contributed by atoms with E-state index in [1.54, 1.807) is 36.4 Å². The molecule has 0 aliphatic carbocycles. The largest absolute Gasteiger partial charge is 0.457 e. The fraction of sp³-hybridized carbons (Fsp3) is 0.0556. The summed E-state index contributed by atoms with van der Waals surface area (Å²) in [4.78, 5) is 12.4. The Labute approximate surface area is 138 Å². The van der Waals surface area contributed by atoms with Crippen molar-refractivity contribution in [2.45, 2.75) is 6.92 Å². The second kappa shape index (κ2) is 5.99. The third-order valence-electron chi connectivity index (χ3n) is 3.38. The Kier molecular flexibility index (Phi) is 4.06. The van der Waals surface area contributed by atoms with E-state index in [0.29, 0.717) is 21.6 Å². The number of carbonyl (C=O) groups is 1. The van der Waals surface area contributed by atoms with Crippen LogP contribution >= 0.6 is 23.2 Å². The van der Waals surface area contributed by atoms with E-state index in [-0.39, 0.29) is 5.78 Å². The number of furan rings is 1. The highest BCUT2D eigenvalue weighted by atomic mass is 35.5. The first-order valence-corrected chi connectivity index (χ1v) is 7.47. The van der Waals surface area contributed by atoms with Crippen molar-refractivity contribution in [3.63, 3.8) is 0 Å². The lowest BCUT2D eigenvalue weighted by molar-refractivity contribution is 0.102. The Morgan fingerprint density at radius 2 is 1.68 bits per heavy atom. The van der Waals surface area contributed by atoms with Gasteiger partial charge in [-0.3, -0.25) is 4.79 Å². The minimum atomic E-state index is -0.185. The Hall–Kier alpha value is -2.03. The number of allylic oxidation sites excluding steroid dienone is 1. The molecule has 0 bridgehead atoms. The van der Waals surface area contributed by atoms with Gasteiger partial charge in [0.2, 0.25) is 5.78 Å². The van der Waals surface area contributed by atoms with Gasteiger partial charge in [0.25, 0.3) is 0 Å². The summed E-state index contributed by atoms with van der Waals surface area (Å²) in [7, 11) is 0. The van der Waals surface area contributed by atoms with Crippen LogP contribution in [0.5, 0.6) is 0 Å². The lowest BCUT2D eigenvalue weighted by atomic mass is 10.1.